The normalized spacial score (nSPS) is 48.0. The van der Waals surface area contributed by atoms with Crippen molar-refractivity contribution in [1.29, 1.82) is 0 Å². The van der Waals surface area contributed by atoms with Gasteiger partial charge in [0.1, 0.15) is 0 Å². The molecule has 0 bridgehead atoms. The molecule has 0 aromatic rings. The number of aliphatic hydroxyl groups is 1. The van der Waals surface area contributed by atoms with Crippen molar-refractivity contribution in [3.8, 4) is 0 Å². The number of allylic oxidation sites excluding steroid dienone is 1. The summed E-state index contributed by atoms with van der Waals surface area (Å²) in [6.45, 7) is 14.3. The van der Waals surface area contributed by atoms with E-state index in [0.717, 1.165) is 31.8 Å². The van der Waals surface area contributed by atoms with E-state index in [4.69, 9.17) is 14.2 Å². The van der Waals surface area contributed by atoms with Gasteiger partial charge in [0.15, 0.2) is 6.29 Å². The van der Waals surface area contributed by atoms with Gasteiger partial charge in [-0.05, 0) is 132 Å². The SMILES string of the molecule is C/C(=C/[C@H]1CC[C@@]2(O)[C@@H]3CCC4CC(OCC(C)N5CCCC5)CC[C@]4(C)[C@H]3CC[C@]12C)C1OCCO1. The zero-order valence-electron chi connectivity index (χ0n) is 24.1. The number of likely N-dealkylation sites (tertiary alicyclic amines) is 1. The summed E-state index contributed by atoms with van der Waals surface area (Å²) in [5.74, 6) is 2.26. The first kappa shape index (κ1) is 26.7. The molecule has 5 heteroatoms. The first-order valence-electron chi connectivity index (χ1n) is 15.7. The van der Waals surface area contributed by atoms with Gasteiger partial charge < -0.3 is 19.3 Å². The van der Waals surface area contributed by atoms with Crippen LogP contribution in [0.4, 0.5) is 0 Å². The molecule has 9 atom stereocenters. The molecular weight excluding hydrogens is 462 g/mol. The molecule has 3 unspecified atom stereocenters. The highest BCUT2D eigenvalue weighted by molar-refractivity contribution is 5.21. The monoisotopic (exact) mass is 515 g/mol. The number of ether oxygens (including phenoxy) is 3. The molecule has 0 aromatic heterocycles. The Labute approximate surface area is 225 Å². The second kappa shape index (κ2) is 10.2. The smallest absolute Gasteiger partial charge is 0.179 e. The van der Waals surface area contributed by atoms with Crippen LogP contribution < -0.4 is 0 Å². The molecule has 2 saturated heterocycles. The Hall–Kier alpha value is -0.460. The number of rotatable bonds is 6. The quantitative estimate of drug-likeness (QED) is 0.443. The predicted octanol–water partition coefficient (Wildman–Crippen LogP) is 5.95. The fourth-order valence-corrected chi connectivity index (χ4v) is 10.2. The Morgan fingerprint density at radius 1 is 1.00 bits per heavy atom. The third-order valence-corrected chi connectivity index (χ3v) is 12.7. The molecule has 37 heavy (non-hydrogen) atoms. The van der Waals surface area contributed by atoms with E-state index in [2.05, 4.69) is 38.7 Å². The highest BCUT2D eigenvalue weighted by Gasteiger charge is 2.66. The molecule has 5 nitrogen and oxygen atoms in total. The summed E-state index contributed by atoms with van der Waals surface area (Å²) >= 11 is 0. The lowest BCUT2D eigenvalue weighted by Crippen LogP contribution is -2.62. The summed E-state index contributed by atoms with van der Waals surface area (Å²) in [5.41, 5.74) is 0.975. The van der Waals surface area contributed by atoms with E-state index >= 15 is 0 Å². The maximum Gasteiger partial charge on any atom is 0.179 e. The van der Waals surface area contributed by atoms with Crippen LogP contribution >= 0.6 is 0 Å². The second-order valence-electron chi connectivity index (χ2n) is 14.3. The summed E-state index contributed by atoms with van der Waals surface area (Å²) in [5, 5.41) is 12.5. The van der Waals surface area contributed by atoms with E-state index in [1.807, 2.05) is 0 Å². The molecule has 0 amide bonds. The molecule has 0 spiro atoms. The highest BCUT2D eigenvalue weighted by Crippen LogP contribution is 2.69. The summed E-state index contributed by atoms with van der Waals surface area (Å²) in [6.07, 6.45) is 16.0. The molecule has 2 heterocycles. The van der Waals surface area contributed by atoms with Crippen LogP contribution in [0.5, 0.6) is 0 Å². The Morgan fingerprint density at radius 2 is 1.76 bits per heavy atom. The van der Waals surface area contributed by atoms with Gasteiger partial charge in [0.05, 0.1) is 31.5 Å². The van der Waals surface area contributed by atoms with Crippen molar-refractivity contribution in [3.63, 3.8) is 0 Å². The number of hydrogen-bond acceptors (Lipinski definition) is 5. The summed E-state index contributed by atoms with van der Waals surface area (Å²) in [7, 11) is 0. The summed E-state index contributed by atoms with van der Waals surface area (Å²) < 4.78 is 18.1. The average Bonchev–Trinajstić information content (AvgIpc) is 3.65. The molecule has 0 aromatic carbocycles. The minimum absolute atomic E-state index is 0.0384. The Kier molecular flexibility index (Phi) is 7.36. The van der Waals surface area contributed by atoms with Crippen LogP contribution in [0, 0.1) is 34.5 Å². The number of hydrogen-bond donors (Lipinski definition) is 1. The fraction of sp³-hybridized carbons (Fsp3) is 0.938. The van der Waals surface area contributed by atoms with Crippen LogP contribution in [0.3, 0.4) is 0 Å². The average molecular weight is 516 g/mol. The maximum absolute atomic E-state index is 12.5. The van der Waals surface area contributed by atoms with Gasteiger partial charge in [-0.25, -0.2) is 0 Å². The first-order chi connectivity index (χ1) is 17.7. The largest absolute Gasteiger partial charge is 0.389 e. The van der Waals surface area contributed by atoms with Gasteiger partial charge in [0.25, 0.3) is 0 Å². The third-order valence-electron chi connectivity index (χ3n) is 12.7. The molecule has 4 saturated carbocycles. The van der Waals surface area contributed by atoms with E-state index in [9.17, 15) is 5.11 Å². The van der Waals surface area contributed by atoms with Crippen LogP contribution in [0.1, 0.15) is 98.3 Å². The van der Waals surface area contributed by atoms with Crippen molar-refractivity contribution in [2.75, 3.05) is 32.9 Å². The Morgan fingerprint density at radius 3 is 2.51 bits per heavy atom. The van der Waals surface area contributed by atoms with Crippen molar-refractivity contribution < 1.29 is 19.3 Å². The zero-order chi connectivity index (χ0) is 25.8. The predicted molar refractivity (Wildman–Crippen MR) is 146 cm³/mol. The zero-order valence-corrected chi connectivity index (χ0v) is 24.1. The fourth-order valence-electron chi connectivity index (χ4n) is 10.2. The van der Waals surface area contributed by atoms with Crippen molar-refractivity contribution in [2.45, 2.75) is 122 Å². The van der Waals surface area contributed by atoms with Crippen molar-refractivity contribution >= 4 is 0 Å². The molecular formula is C32H53NO4. The van der Waals surface area contributed by atoms with E-state index in [1.54, 1.807) is 0 Å². The molecule has 0 radical (unpaired) electrons. The molecule has 2 aliphatic heterocycles. The van der Waals surface area contributed by atoms with Crippen LogP contribution in [0.15, 0.2) is 11.6 Å². The van der Waals surface area contributed by atoms with Gasteiger partial charge >= 0.3 is 0 Å². The van der Waals surface area contributed by atoms with Gasteiger partial charge in [-0.2, -0.15) is 0 Å². The summed E-state index contributed by atoms with van der Waals surface area (Å²) in [4.78, 5) is 2.61. The lowest BCUT2D eigenvalue weighted by molar-refractivity contribution is -0.209. The molecule has 6 aliphatic rings. The standard InChI is InChI=1S/C32H53NO4/c1-22(29-35-17-18-36-29)19-25-9-14-32(34)28-8-7-24-20-26(37-21-23(2)33-15-5-6-16-33)10-12-30(24,3)27(28)11-13-31(25,32)4/h19,23-29,34H,5-18,20-21H2,1-4H3/b22-19-/t23?,24?,25-,26?,27+,28-,30+,31-,32-/m1/s1. The lowest BCUT2D eigenvalue weighted by atomic mass is 9.43. The van der Waals surface area contributed by atoms with Gasteiger partial charge in [-0.1, -0.05) is 19.9 Å². The topological polar surface area (TPSA) is 51.2 Å². The minimum Gasteiger partial charge on any atom is -0.389 e. The van der Waals surface area contributed by atoms with Gasteiger partial charge in [-0.15, -0.1) is 0 Å². The minimum atomic E-state index is -0.540. The molecule has 6 rings (SSSR count). The van der Waals surface area contributed by atoms with Crippen molar-refractivity contribution in [3.05, 3.63) is 11.6 Å². The van der Waals surface area contributed by atoms with Crippen LogP contribution in [0.2, 0.25) is 0 Å². The molecule has 210 valence electrons. The van der Waals surface area contributed by atoms with Gasteiger partial charge in [0.2, 0.25) is 0 Å². The van der Waals surface area contributed by atoms with Gasteiger partial charge in [0, 0.05) is 11.5 Å². The second-order valence-corrected chi connectivity index (χ2v) is 14.3. The van der Waals surface area contributed by atoms with E-state index in [0.29, 0.717) is 48.5 Å². The number of nitrogens with zero attached hydrogens (tertiary/aromatic N) is 1. The van der Waals surface area contributed by atoms with Crippen LogP contribution in [0.25, 0.3) is 0 Å². The van der Waals surface area contributed by atoms with Crippen molar-refractivity contribution in [1.82, 2.24) is 4.90 Å². The van der Waals surface area contributed by atoms with E-state index < -0.39 is 5.60 Å². The van der Waals surface area contributed by atoms with Crippen molar-refractivity contribution in [2.24, 2.45) is 34.5 Å². The highest BCUT2D eigenvalue weighted by atomic mass is 16.7. The molecule has 6 fully saturated rings. The third kappa shape index (κ3) is 4.47. The van der Waals surface area contributed by atoms with Crippen LogP contribution in [-0.4, -0.2) is 67.0 Å². The lowest BCUT2D eigenvalue weighted by Gasteiger charge is -2.63. The van der Waals surface area contributed by atoms with Crippen LogP contribution in [-0.2, 0) is 14.2 Å². The number of fused-ring (bicyclic) bond motifs is 5. The Balaban J connectivity index is 1.12. The Bertz CT molecular complexity index is 850. The van der Waals surface area contributed by atoms with E-state index in [1.165, 1.54) is 70.0 Å². The first-order valence-corrected chi connectivity index (χ1v) is 15.7. The summed E-state index contributed by atoms with van der Waals surface area (Å²) in [6, 6.07) is 0.552. The molecule has 4 aliphatic carbocycles. The maximum atomic E-state index is 12.5. The molecule has 1 N–H and O–H groups in total. The van der Waals surface area contributed by atoms with E-state index in [-0.39, 0.29) is 11.7 Å². The van der Waals surface area contributed by atoms with Gasteiger partial charge in [-0.3, -0.25) is 4.90 Å².